The van der Waals surface area contributed by atoms with E-state index in [9.17, 15) is 0 Å². The van der Waals surface area contributed by atoms with Gasteiger partial charge in [0.25, 0.3) is 0 Å². The van der Waals surface area contributed by atoms with Gasteiger partial charge in [-0.3, -0.25) is 0 Å². The van der Waals surface area contributed by atoms with Crippen LogP contribution in [0.15, 0.2) is 211 Å². The SMILES string of the molecule is c1ccc(-c2ccc3c(c2)c2cc(-c4ccc5c(c4)c4ccccc4n5-c4cccc5oc6ccccc6c45)ccc2n3-c2ccccc2-c2ccccc2)cc1. The number of furan rings is 1. The van der Waals surface area contributed by atoms with E-state index in [2.05, 4.69) is 209 Å². The summed E-state index contributed by atoms with van der Waals surface area (Å²) in [4.78, 5) is 0. The minimum atomic E-state index is 0.894. The van der Waals surface area contributed by atoms with Crippen molar-refractivity contribution in [2.24, 2.45) is 0 Å². The van der Waals surface area contributed by atoms with E-state index in [0.29, 0.717) is 0 Å². The third kappa shape index (κ3) is 4.86. The average molecular weight is 727 g/mol. The van der Waals surface area contributed by atoms with Crippen LogP contribution >= 0.6 is 0 Å². The van der Waals surface area contributed by atoms with E-state index in [1.54, 1.807) is 0 Å². The highest BCUT2D eigenvalue weighted by molar-refractivity contribution is 6.16. The first-order chi connectivity index (χ1) is 28.3. The van der Waals surface area contributed by atoms with Crippen LogP contribution in [0.1, 0.15) is 0 Å². The summed E-state index contributed by atoms with van der Waals surface area (Å²) < 4.78 is 11.2. The lowest BCUT2D eigenvalue weighted by molar-refractivity contribution is 0.669. The van der Waals surface area contributed by atoms with Crippen molar-refractivity contribution in [1.29, 1.82) is 0 Å². The standard InChI is InChI=1S/C54H34N2O/c1-3-14-35(15-4-1)37-26-29-49-44(32-37)45-34-39(28-31-50(45)55(49)46-21-10-7-18-40(46)36-16-5-2-6-17-36)38-27-30-48-43(33-38)41-19-8-11-22-47(41)56(48)51-23-13-25-53-54(51)42-20-9-12-24-52(42)57-53/h1-34H. The molecule has 0 radical (unpaired) electrons. The van der Waals surface area contributed by atoms with Gasteiger partial charge in [-0.25, -0.2) is 0 Å². The fourth-order valence-corrected chi connectivity index (χ4v) is 9.16. The Morgan fingerprint density at radius 3 is 1.46 bits per heavy atom. The zero-order chi connectivity index (χ0) is 37.5. The summed E-state index contributed by atoms with van der Waals surface area (Å²) in [7, 11) is 0. The van der Waals surface area contributed by atoms with Crippen molar-refractivity contribution in [3.63, 3.8) is 0 Å². The van der Waals surface area contributed by atoms with E-state index >= 15 is 0 Å². The Balaban J connectivity index is 1.08. The van der Waals surface area contributed by atoms with Gasteiger partial charge < -0.3 is 13.6 Å². The van der Waals surface area contributed by atoms with Crippen molar-refractivity contribution in [2.75, 3.05) is 0 Å². The molecule has 12 aromatic rings. The summed E-state index contributed by atoms with van der Waals surface area (Å²) in [6.07, 6.45) is 0. The molecule has 0 spiro atoms. The van der Waals surface area contributed by atoms with Crippen LogP contribution in [0.2, 0.25) is 0 Å². The second kappa shape index (κ2) is 12.5. The Bertz CT molecular complexity index is 3510. The Hall–Kier alpha value is -7.62. The third-order valence-electron chi connectivity index (χ3n) is 11.7. The van der Waals surface area contributed by atoms with E-state index in [-0.39, 0.29) is 0 Å². The number of aromatic nitrogens is 2. The van der Waals surface area contributed by atoms with Crippen LogP contribution in [0.25, 0.3) is 110 Å². The summed E-state index contributed by atoms with van der Waals surface area (Å²) in [6.45, 7) is 0. The molecule has 0 saturated carbocycles. The summed E-state index contributed by atoms with van der Waals surface area (Å²) in [5.74, 6) is 0. The van der Waals surface area contributed by atoms with Crippen LogP contribution in [-0.2, 0) is 0 Å². The highest BCUT2D eigenvalue weighted by atomic mass is 16.3. The highest BCUT2D eigenvalue weighted by Crippen LogP contribution is 2.42. The lowest BCUT2D eigenvalue weighted by atomic mass is 9.99. The first-order valence-corrected chi connectivity index (χ1v) is 19.5. The lowest BCUT2D eigenvalue weighted by Crippen LogP contribution is -1.97. The molecule has 0 amide bonds. The highest BCUT2D eigenvalue weighted by Gasteiger charge is 2.20. The molecule has 0 aliphatic heterocycles. The maximum absolute atomic E-state index is 6.33. The number of benzene rings is 9. The lowest BCUT2D eigenvalue weighted by Gasteiger charge is -2.14. The summed E-state index contributed by atoms with van der Waals surface area (Å²) in [5, 5.41) is 7.16. The number of para-hydroxylation sites is 3. The van der Waals surface area contributed by atoms with Gasteiger partial charge in [-0.1, -0.05) is 140 Å². The molecular formula is C54H34N2O. The fraction of sp³-hybridized carbons (Fsp3) is 0. The molecular weight excluding hydrogens is 693 g/mol. The van der Waals surface area contributed by atoms with E-state index in [1.807, 2.05) is 6.07 Å². The van der Waals surface area contributed by atoms with E-state index in [0.717, 1.165) is 27.6 Å². The molecule has 3 nitrogen and oxygen atoms in total. The molecule has 0 fully saturated rings. The zero-order valence-electron chi connectivity index (χ0n) is 30.9. The largest absolute Gasteiger partial charge is 0.456 e. The summed E-state index contributed by atoms with van der Waals surface area (Å²) >= 11 is 0. The van der Waals surface area contributed by atoms with Gasteiger partial charge in [-0.2, -0.15) is 0 Å². The molecule has 9 aromatic carbocycles. The molecule has 0 aliphatic carbocycles. The van der Waals surface area contributed by atoms with Crippen LogP contribution in [0.5, 0.6) is 0 Å². The molecule has 0 N–H and O–H groups in total. The van der Waals surface area contributed by atoms with Crippen molar-refractivity contribution in [1.82, 2.24) is 9.13 Å². The van der Waals surface area contributed by atoms with Gasteiger partial charge in [0.15, 0.2) is 0 Å². The molecule has 12 rings (SSSR count). The van der Waals surface area contributed by atoms with Crippen LogP contribution in [-0.4, -0.2) is 9.13 Å². The van der Waals surface area contributed by atoms with Crippen LogP contribution in [0.4, 0.5) is 0 Å². The normalized spacial score (nSPS) is 11.9. The predicted octanol–water partition coefficient (Wildman–Crippen LogP) is 14.8. The molecule has 266 valence electrons. The van der Waals surface area contributed by atoms with Crippen molar-refractivity contribution in [3.8, 4) is 44.8 Å². The minimum Gasteiger partial charge on any atom is -0.456 e. The Labute approximate surface area is 328 Å². The maximum Gasteiger partial charge on any atom is 0.137 e. The van der Waals surface area contributed by atoms with Gasteiger partial charge in [-0.05, 0) is 94.5 Å². The summed E-state index contributed by atoms with van der Waals surface area (Å²) in [6, 6.07) is 74.5. The van der Waals surface area contributed by atoms with Gasteiger partial charge in [-0.15, -0.1) is 0 Å². The van der Waals surface area contributed by atoms with Crippen molar-refractivity contribution < 1.29 is 4.42 Å². The Kier molecular flexibility index (Phi) is 6.93. The second-order valence-electron chi connectivity index (χ2n) is 14.9. The first-order valence-electron chi connectivity index (χ1n) is 19.5. The van der Waals surface area contributed by atoms with E-state index in [1.165, 1.54) is 82.7 Å². The Morgan fingerprint density at radius 1 is 0.281 bits per heavy atom. The van der Waals surface area contributed by atoms with Crippen molar-refractivity contribution >= 4 is 65.6 Å². The molecule has 0 saturated heterocycles. The number of nitrogens with zero attached hydrogens (tertiary/aromatic N) is 2. The van der Waals surface area contributed by atoms with Gasteiger partial charge in [0.05, 0.1) is 38.8 Å². The topological polar surface area (TPSA) is 23.0 Å². The predicted molar refractivity (Wildman–Crippen MR) is 239 cm³/mol. The first kappa shape index (κ1) is 31.7. The number of hydrogen-bond acceptors (Lipinski definition) is 1. The minimum absolute atomic E-state index is 0.894. The summed E-state index contributed by atoms with van der Waals surface area (Å²) in [5.41, 5.74) is 16.0. The zero-order valence-corrected chi connectivity index (χ0v) is 30.9. The number of hydrogen-bond donors (Lipinski definition) is 0. The molecule has 3 aromatic heterocycles. The second-order valence-corrected chi connectivity index (χ2v) is 14.9. The number of rotatable bonds is 5. The molecule has 3 heterocycles. The van der Waals surface area contributed by atoms with Crippen molar-refractivity contribution in [2.45, 2.75) is 0 Å². The molecule has 0 aliphatic rings. The third-order valence-corrected chi connectivity index (χ3v) is 11.7. The van der Waals surface area contributed by atoms with E-state index in [4.69, 9.17) is 4.42 Å². The Morgan fingerprint density at radius 2 is 0.754 bits per heavy atom. The van der Waals surface area contributed by atoms with Gasteiger partial charge in [0, 0.05) is 32.5 Å². The number of fused-ring (bicyclic) bond motifs is 9. The van der Waals surface area contributed by atoms with Crippen LogP contribution in [0.3, 0.4) is 0 Å². The fourth-order valence-electron chi connectivity index (χ4n) is 9.16. The molecule has 57 heavy (non-hydrogen) atoms. The van der Waals surface area contributed by atoms with Crippen LogP contribution < -0.4 is 0 Å². The quantitative estimate of drug-likeness (QED) is 0.173. The average Bonchev–Trinajstić information content (AvgIpc) is 3.94. The van der Waals surface area contributed by atoms with E-state index < -0.39 is 0 Å². The molecule has 0 atom stereocenters. The molecule has 0 unspecified atom stereocenters. The van der Waals surface area contributed by atoms with Crippen molar-refractivity contribution in [3.05, 3.63) is 206 Å². The smallest absolute Gasteiger partial charge is 0.137 e. The van der Waals surface area contributed by atoms with Gasteiger partial charge in [0.2, 0.25) is 0 Å². The molecule has 0 bridgehead atoms. The maximum atomic E-state index is 6.33. The van der Waals surface area contributed by atoms with Crippen LogP contribution in [0, 0.1) is 0 Å². The monoisotopic (exact) mass is 726 g/mol. The van der Waals surface area contributed by atoms with Gasteiger partial charge >= 0.3 is 0 Å². The molecule has 3 heteroatoms. The van der Waals surface area contributed by atoms with Gasteiger partial charge in [0.1, 0.15) is 11.2 Å².